The van der Waals surface area contributed by atoms with Gasteiger partial charge in [0, 0.05) is 40.4 Å². The lowest BCUT2D eigenvalue weighted by molar-refractivity contribution is -0.384. The summed E-state index contributed by atoms with van der Waals surface area (Å²) in [7, 11) is 0. The smallest absolute Gasteiger partial charge is 0.269 e. The Labute approximate surface area is 191 Å². The minimum atomic E-state index is -1.71. The highest BCUT2D eigenvalue weighted by Gasteiger charge is 2.50. The van der Waals surface area contributed by atoms with Gasteiger partial charge in [0.2, 0.25) is 0 Å². The van der Waals surface area contributed by atoms with Crippen molar-refractivity contribution in [2.24, 2.45) is 0 Å². The molecule has 3 aromatic carbocycles. The van der Waals surface area contributed by atoms with Crippen molar-refractivity contribution in [3.8, 4) is 0 Å². The molecule has 0 saturated carbocycles. The van der Waals surface area contributed by atoms with E-state index in [2.05, 4.69) is 20.8 Å². The van der Waals surface area contributed by atoms with E-state index in [0.717, 1.165) is 5.56 Å². The van der Waals surface area contributed by atoms with Crippen LogP contribution in [-0.4, -0.2) is 20.8 Å². The van der Waals surface area contributed by atoms with Gasteiger partial charge >= 0.3 is 0 Å². The summed E-state index contributed by atoms with van der Waals surface area (Å²) >= 11 is 6.07. The maximum absolute atomic E-state index is 13.4. The van der Waals surface area contributed by atoms with Crippen LogP contribution in [0.15, 0.2) is 66.7 Å². The van der Waals surface area contributed by atoms with E-state index in [0.29, 0.717) is 27.3 Å². The van der Waals surface area contributed by atoms with E-state index in [-0.39, 0.29) is 23.6 Å². The number of fused-ring (bicyclic) bond motifs is 1. The molecule has 32 heavy (non-hydrogen) atoms. The molecular formula is C25H23ClN2O4. The molecule has 0 aromatic heterocycles. The van der Waals surface area contributed by atoms with E-state index in [9.17, 15) is 20.0 Å². The number of nitro benzene ring substituents is 1. The molecular weight excluding hydrogens is 428 g/mol. The Balaban J connectivity index is 1.85. The van der Waals surface area contributed by atoms with Gasteiger partial charge in [0.25, 0.3) is 11.6 Å². The Hall–Kier alpha value is -3.22. The van der Waals surface area contributed by atoms with E-state index in [4.69, 9.17) is 11.6 Å². The summed E-state index contributed by atoms with van der Waals surface area (Å²) in [6, 6.07) is 18.3. The topological polar surface area (TPSA) is 83.7 Å². The zero-order valence-electron chi connectivity index (χ0n) is 18.0. The first kappa shape index (κ1) is 22.0. The fourth-order valence-electron chi connectivity index (χ4n) is 4.01. The molecule has 6 nitrogen and oxygen atoms in total. The summed E-state index contributed by atoms with van der Waals surface area (Å²) < 4.78 is 0. The van der Waals surface area contributed by atoms with Crippen LogP contribution in [0, 0.1) is 10.1 Å². The molecule has 3 aromatic rings. The second kappa shape index (κ2) is 7.73. The van der Waals surface area contributed by atoms with E-state index in [1.165, 1.54) is 17.0 Å². The molecule has 0 radical (unpaired) electrons. The Kier molecular flexibility index (Phi) is 5.31. The molecule has 4 rings (SSSR count). The molecule has 1 N–H and O–H groups in total. The Morgan fingerprint density at radius 3 is 2.22 bits per heavy atom. The van der Waals surface area contributed by atoms with Gasteiger partial charge in [-0.1, -0.05) is 62.7 Å². The zero-order valence-corrected chi connectivity index (χ0v) is 18.8. The van der Waals surface area contributed by atoms with Gasteiger partial charge in [-0.15, -0.1) is 0 Å². The van der Waals surface area contributed by atoms with Gasteiger partial charge in [-0.2, -0.15) is 0 Å². The highest BCUT2D eigenvalue weighted by atomic mass is 35.5. The van der Waals surface area contributed by atoms with Crippen molar-refractivity contribution in [3.63, 3.8) is 0 Å². The van der Waals surface area contributed by atoms with Crippen molar-refractivity contribution in [1.29, 1.82) is 0 Å². The van der Waals surface area contributed by atoms with Gasteiger partial charge in [0.05, 0.1) is 4.92 Å². The highest BCUT2D eigenvalue weighted by Crippen LogP contribution is 2.44. The van der Waals surface area contributed by atoms with Crippen molar-refractivity contribution in [1.82, 2.24) is 4.90 Å². The molecule has 0 aliphatic carbocycles. The molecule has 1 aliphatic heterocycles. The summed E-state index contributed by atoms with van der Waals surface area (Å²) in [6.07, 6.45) is 0. The number of nitrogens with zero attached hydrogens (tertiary/aromatic N) is 2. The maximum atomic E-state index is 13.4. The predicted octanol–water partition coefficient (Wildman–Crippen LogP) is 5.40. The van der Waals surface area contributed by atoms with Gasteiger partial charge in [-0.25, -0.2) is 0 Å². The van der Waals surface area contributed by atoms with Gasteiger partial charge in [-0.05, 0) is 40.8 Å². The fraction of sp³-hybridized carbons (Fsp3) is 0.240. The first-order valence-electron chi connectivity index (χ1n) is 10.2. The zero-order chi connectivity index (χ0) is 23.3. The molecule has 0 spiro atoms. The largest absolute Gasteiger partial charge is 0.363 e. The molecule has 7 heteroatoms. The van der Waals surface area contributed by atoms with Crippen LogP contribution in [-0.2, 0) is 17.7 Å². The number of hydrogen-bond donors (Lipinski definition) is 1. The third kappa shape index (κ3) is 3.66. The van der Waals surface area contributed by atoms with Crippen LogP contribution in [0.2, 0.25) is 5.02 Å². The normalized spacial score (nSPS) is 18.0. The standard InChI is InChI=1S/C25H23ClN2O4/c1-24(2,3)18-8-13-21-22(14-18)25(30,17-6-9-19(26)10-7-17)27(23(21)29)15-16-4-11-20(12-5-16)28(31)32/h4-14,30H,15H2,1-3H3. The Bertz CT molecular complexity index is 1200. The molecule has 1 amide bonds. The SMILES string of the molecule is CC(C)(C)c1ccc2c(c1)C(O)(c1ccc(Cl)cc1)N(Cc1ccc([N+](=O)[O-])cc1)C2=O. The van der Waals surface area contributed by atoms with Gasteiger partial charge in [0.1, 0.15) is 0 Å². The lowest BCUT2D eigenvalue weighted by Crippen LogP contribution is -2.44. The average Bonchev–Trinajstić information content (AvgIpc) is 2.96. The molecule has 0 fully saturated rings. The Morgan fingerprint density at radius 2 is 1.66 bits per heavy atom. The number of benzene rings is 3. The number of nitro groups is 1. The first-order valence-corrected chi connectivity index (χ1v) is 10.6. The first-order chi connectivity index (χ1) is 15.0. The van der Waals surface area contributed by atoms with Crippen LogP contribution in [0.4, 0.5) is 5.69 Å². The molecule has 164 valence electrons. The van der Waals surface area contributed by atoms with Crippen LogP contribution < -0.4 is 0 Å². The van der Waals surface area contributed by atoms with E-state index in [1.54, 1.807) is 42.5 Å². The average molecular weight is 451 g/mol. The predicted molar refractivity (Wildman–Crippen MR) is 123 cm³/mol. The van der Waals surface area contributed by atoms with Crippen molar-refractivity contribution in [3.05, 3.63) is 110 Å². The molecule has 1 aliphatic rings. The van der Waals surface area contributed by atoms with Crippen molar-refractivity contribution >= 4 is 23.2 Å². The number of hydrogen-bond acceptors (Lipinski definition) is 4. The summed E-state index contributed by atoms with van der Waals surface area (Å²) in [5.74, 6) is -0.309. The molecule has 0 bridgehead atoms. The van der Waals surface area contributed by atoms with E-state index < -0.39 is 10.6 Å². The second-order valence-electron chi connectivity index (χ2n) is 9.00. The third-order valence-electron chi connectivity index (χ3n) is 5.86. The summed E-state index contributed by atoms with van der Waals surface area (Å²) in [5.41, 5.74) is 1.20. The summed E-state index contributed by atoms with van der Waals surface area (Å²) in [5, 5.41) is 23.6. The monoisotopic (exact) mass is 450 g/mol. The van der Waals surface area contributed by atoms with Gasteiger partial charge in [-0.3, -0.25) is 19.8 Å². The Morgan fingerprint density at radius 1 is 1.03 bits per heavy atom. The number of amides is 1. The molecule has 1 unspecified atom stereocenters. The molecule has 1 atom stereocenters. The third-order valence-corrected chi connectivity index (χ3v) is 6.11. The van der Waals surface area contributed by atoms with Gasteiger partial charge < -0.3 is 5.11 Å². The summed E-state index contributed by atoms with van der Waals surface area (Å²) in [6.45, 7) is 6.29. The second-order valence-corrected chi connectivity index (χ2v) is 9.44. The quantitative estimate of drug-likeness (QED) is 0.426. The maximum Gasteiger partial charge on any atom is 0.269 e. The number of carbonyl (C=O) groups is 1. The van der Waals surface area contributed by atoms with E-state index >= 15 is 0 Å². The van der Waals surface area contributed by atoms with Crippen LogP contribution in [0.1, 0.15) is 53.4 Å². The fourth-order valence-corrected chi connectivity index (χ4v) is 4.13. The van der Waals surface area contributed by atoms with Crippen molar-refractivity contribution < 1.29 is 14.8 Å². The number of aliphatic hydroxyl groups is 1. The summed E-state index contributed by atoms with van der Waals surface area (Å²) in [4.78, 5) is 25.3. The van der Waals surface area contributed by atoms with Crippen LogP contribution in [0.25, 0.3) is 0 Å². The highest BCUT2D eigenvalue weighted by molar-refractivity contribution is 6.30. The van der Waals surface area contributed by atoms with Crippen molar-refractivity contribution in [2.45, 2.75) is 38.5 Å². The van der Waals surface area contributed by atoms with Crippen LogP contribution in [0.5, 0.6) is 0 Å². The lowest BCUT2D eigenvalue weighted by Gasteiger charge is -2.35. The minimum Gasteiger partial charge on any atom is -0.363 e. The lowest BCUT2D eigenvalue weighted by atomic mass is 9.83. The van der Waals surface area contributed by atoms with E-state index in [1.807, 2.05) is 12.1 Å². The van der Waals surface area contributed by atoms with Gasteiger partial charge in [0.15, 0.2) is 5.72 Å². The van der Waals surface area contributed by atoms with Crippen LogP contribution >= 0.6 is 11.6 Å². The number of halogens is 1. The number of carbonyl (C=O) groups excluding carboxylic acids is 1. The molecule has 0 saturated heterocycles. The van der Waals surface area contributed by atoms with Crippen molar-refractivity contribution in [2.75, 3.05) is 0 Å². The molecule has 1 heterocycles. The minimum absolute atomic E-state index is 0.0347. The number of rotatable bonds is 4. The van der Waals surface area contributed by atoms with Crippen LogP contribution in [0.3, 0.4) is 0 Å². The number of non-ortho nitro benzene ring substituents is 1.